The molecule has 1 saturated heterocycles. The van der Waals surface area contributed by atoms with E-state index in [0.717, 1.165) is 19.4 Å². The van der Waals surface area contributed by atoms with E-state index >= 15 is 0 Å². The van der Waals surface area contributed by atoms with Crippen LogP contribution in [-0.2, 0) is 4.74 Å². The van der Waals surface area contributed by atoms with Gasteiger partial charge in [0.15, 0.2) is 0 Å². The number of carbonyl (C=O) groups excluding carboxylic acids is 1. The van der Waals surface area contributed by atoms with Crippen LogP contribution in [0.2, 0.25) is 0 Å². The van der Waals surface area contributed by atoms with Crippen molar-refractivity contribution in [3.05, 3.63) is 0 Å². The Morgan fingerprint density at radius 1 is 1.55 bits per heavy atom. The van der Waals surface area contributed by atoms with E-state index in [9.17, 15) is 4.79 Å². The zero-order valence-corrected chi connectivity index (χ0v) is 6.25. The fourth-order valence-electron chi connectivity index (χ4n) is 2.10. The van der Waals surface area contributed by atoms with E-state index in [1.165, 1.54) is 0 Å². The Morgan fingerprint density at radius 2 is 2.36 bits per heavy atom. The molecule has 2 aliphatic rings. The lowest BCUT2D eigenvalue weighted by molar-refractivity contribution is 0.0927. The molecule has 0 aromatic heterocycles. The third-order valence-corrected chi connectivity index (χ3v) is 2.60. The van der Waals surface area contributed by atoms with Gasteiger partial charge in [0.05, 0.1) is 0 Å². The Hall–Kier alpha value is -0.770. The van der Waals surface area contributed by atoms with Gasteiger partial charge in [-0.25, -0.2) is 4.79 Å². The normalized spacial score (nSPS) is 40.9. The van der Waals surface area contributed by atoms with Gasteiger partial charge in [0.1, 0.15) is 6.10 Å². The van der Waals surface area contributed by atoms with Gasteiger partial charge >= 0.3 is 6.09 Å². The summed E-state index contributed by atoms with van der Waals surface area (Å²) in [6.45, 7) is 0.975. The van der Waals surface area contributed by atoms with Crippen LogP contribution in [0.25, 0.3) is 0 Å². The van der Waals surface area contributed by atoms with E-state index in [1.807, 2.05) is 0 Å². The first-order valence-corrected chi connectivity index (χ1v) is 3.97. The van der Waals surface area contributed by atoms with E-state index in [2.05, 4.69) is 5.32 Å². The molecule has 3 N–H and O–H groups in total. The molecule has 1 saturated carbocycles. The van der Waals surface area contributed by atoms with E-state index in [-0.39, 0.29) is 6.10 Å². The number of nitrogens with two attached hydrogens (primary N) is 1. The molecule has 62 valence electrons. The van der Waals surface area contributed by atoms with Gasteiger partial charge in [-0.3, -0.25) is 0 Å². The van der Waals surface area contributed by atoms with E-state index in [0.29, 0.717) is 12.0 Å². The lowest BCUT2D eigenvalue weighted by atomic mass is 10.1. The summed E-state index contributed by atoms with van der Waals surface area (Å²) in [5.41, 5.74) is 4.94. The largest absolute Gasteiger partial charge is 0.444 e. The second-order valence-electron chi connectivity index (χ2n) is 3.25. The number of hydrogen-bond acceptors (Lipinski definition) is 3. The Morgan fingerprint density at radius 3 is 2.73 bits per heavy atom. The molecule has 4 nitrogen and oxygen atoms in total. The number of fused-ring (bicyclic) bond motifs is 2. The molecular weight excluding hydrogens is 144 g/mol. The molecule has 2 bridgehead atoms. The molecule has 3 atom stereocenters. The quantitative estimate of drug-likeness (QED) is 0.554. The minimum absolute atomic E-state index is 0.0486. The van der Waals surface area contributed by atoms with Crippen LogP contribution in [-0.4, -0.2) is 24.8 Å². The van der Waals surface area contributed by atoms with E-state index in [1.54, 1.807) is 0 Å². The van der Waals surface area contributed by atoms with Crippen molar-refractivity contribution in [2.75, 3.05) is 6.54 Å². The predicted molar refractivity (Wildman–Crippen MR) is 39.0 cm³/mol. The Labute approximate surface area is 65.1 Å². The highest BCUT2D eigenvalue weighted by Crippen LogP contribution is 2.33. The number of amides is 1. The van der Waals surface area contributed by atoms with Gasteiger partial charge in [0.2, 0.25) is 0 Å². The second kappa shape index (κ2) is 2.37. The predicted octanol–water partition coefficient (Wildman–Crippen LogP) is -0.168. The Bertz CT molecular complexity index is 163. The number of piperidine rings is 1. The van der Waals surface area contributed by atoms with Crippen molar-refractivity contribution in [2.24, 2.45) is 11.7 Å². The smallest absolute Gasteiger partial charge is 0.404 e. The zero-order valence-electron chi connectivity index (χ0n) is 6.25. The van der Waals surface area contributed by atoms with Crippen LogP contribution in [0.15, 0.2) is 0 Å². The molecule has 0 spiro atoms. The Balaban J connectivity index is 1.99. The number of carbonyl (C=O) groups is 1. The van der Waals surface area contributed by atoms with Crippen molar-refractivity contribution in [3.8, 4) is 0 Å². The molecule has 2 rings (SSSR count). The fourth-order valence-corrected chi connectivity index (χ4v) is 2.10. The molecule has 1 amide bonds. The van der Waals surface area contributed by atoms with Gasteiger partial charge in [-0.15, -0.1) is 0 Å². The van der Waals surface area contributed by atoms with Crippen LogP contribution in [0.1, 0.15) is 12.8 Å². The second-order valence-corrected chi connectivity index (χ2v) is 3.25. The molecular formula is C7H12N2O2. The fraction of sp³-hybridized carbons (Fsp3) is 0.857. The Kier molecular flexibility index (Phi) is 1.49. The standard InChI is InChI=1S/C7H12N2O2/c8-7(10)11-6-4-1-2-5(6)9-3-4/h4-6,9H,1-3H2,(H2,8,10)/t4-,5-,6-/m1/s1. The van der Waals surface area contributed by atoms with Crippen molar-refractivity contribution < 1.29 is 9.53 Å². The van der Waals surface area contributed by atoms with Crippen LogP contribution < -0.4 is 11.1 Å². The monoisotopic (exact) mass is 156 g/mol. The first kappa shape index (κ1) is 6.91. The molecule has 0 aromatic rings. The molecule has 1 aliphatic carbocycles. The average Bonchev–Trinajstić information content (AvgIpc) is 2.48. The van der Waals surface area contributed by atoms with Crippen molar-refractivity contribution in [2.45, 2.75) is 25.0 Å². The molecule has 4 heteroatoms. The summed E-state index contributed by atoms with van der Waals surface area (Å²) in [5, 5.41) is 3.28. The summed E-state index contributed by atoms with van der Waals surface area (Å²) in [6, 6.07) is 0.368. The SMILES string of the molecule is NC(=O)O[C@@H]1[C@@H]2CC[C@H]1NC2. The minimum atomic E-state index is -0.643. The first-order valence-electron chi connectivity index (χ1n) is 3.97. The maximum atomic E-state index is 10.4. The summed E-state index contributed by atoms with van der Waals surface area (Å²) in [4.78, 5) is 10.4. The summed E-state index contributed by atoms with van der Waals surface area (Å²) in [7, 11) is 0. The van der Waals surface area contributed by atoms with Gasteiger partial charge in [-0.05, 0) is 12.8 Å². The van der Waals surface area contributed by atoms with Crippen LogP contribution in [0.3, 0.4) is 0 Å². The average molecular weight is 156 g/mol. The molecule has 0 aromatic carbocycles. The number of nitrogens with one attached hydrogen (secondary N) is 1. The van der Waals surface area contributed by atoms with Gasteiger partial charge in [0.25, 0.3) is 0 Å². The third-order valence-electron chi connectivity index (χ3n) is 2.60. The van der Waals surface area contributed by atoms with Gasteiger partial charge in [-0.1, -0.05) is 0 Å². The maximum Gasteiger partial charge on any atom is 0.404 e. The van der Waals surface area contributed by atoms with E-state index < -0.39 is 6.09 Å². The van der Waals surface area contributed by atoms with Crippen LogP contribution >= 0.6 is 0 Å². The highest BCUT2D eigenvalue weighted by Gasteiger charge is 2.43. The van der Waals surface area contributed by atoms with Crippen molar-refractivity contribution >= 4 is 6.09 Å². The summed E-state index contributed by atoms with van der Waals surface area (Å²) in [5.74, 6) is 0.507. The minimum Gasteiger partial charge on any atom is -0.444 e. The highest BCUT2D eigenvalue weighted by molar-refractivity contribution is 5.65. The van der Waals surface area contributed by atoms with Crippen molar-refractivity contribution in [1.82, 2.24) is 5.32 Å². The number of rotatable bonds is 1. The highest BCUT2D eigenvalue weighted by atomic mass is 16.6. The van der Waals surface area contributed by atoms with Crippen molar-refractivity contribution in [1.29, 1.82) is 0 Å². The number of ether oxygens (including phenoxy) is 1. The van der Waals surface area contributed by atoms with Crippen LogP contribution in [0.4, 0.5) is 4.79 Å². The third kappa shape index (κ3) is 1.07. The zero-order chi connectivity index (χ0) is 7.84. The molecule has 1 aliphatic heterocycles. The van der Waals surface area contributed by atoms with Crippen LogP contribution in [0.5, 0.6) is 0 Å². The maximum absolute atomic E-state index is 10.4. The molecule has 1 heterocycles. The molecule has 2 fully saturated rings. The number of primary amides is 1. The van der Waals surface area contributed by atoms with Gasteiger partial charge < -0.3 is 15.8 Å². The van der Waals surface area contributed by atoms with Gasteiger partial charge in [-0.2, -0.15) is 0 Å². The topological polar surface area (TPSA) is 64.4 Å². The lowest BCUT2D eigenvalue weighted by Crippen LogP contribution is -2.32. The summed E-state index contributed by atoms with van der Waals surface area (Å²) in [6.07, 6.45) is 1.68. The molecule has 0 radical (unpaired) electrons. The van der Waals surface area contributed by atoms with E-state index in [4.69, 9.17) is 10.5 Å². The summed E-state index contributed by atoms with van der Waals surface area (Å²) >= 11 is 0. The van der Waals surface area contributed by atoms with Crippen molar-refractivity contribution in [3.63, 3.8) is 0 Å². The van der Waals surface area contributed by atoms with Crippen LogP contribution in [0, 0.1) is 5.92 Å². The molecule has 0 unspecified atom stereocenters. The number of hydrogen-bond donors (Lipinski definition) is 2. The first-order chi connectivity index (χ1) is 5.27. The molecule has 11 heavy (non-hydrogen) atoms. The summed E-state index contributed by atoms with van der Waals surface area (Å²) < 4.78 is 4.97. The van der Waals surface area contributed by atoms with Gasteiger partial charge in [0, 0.05) is 18.5 Å². The lowest BCUT2D eigenvalue weighted by Gasteiger charge is -2.13.